The predicted molar refractivity (Wildman–Crippen MR) is 233 cm³/mol. The summed E-state index contributed by atoms with van der Waals surface area (Å²) in [4.78, 5) is 18.0. The number of allylic oxidation sites excluding steroid dienone is 7. The van der Waals surface area contributed by atoms with E-state index in [1.807, 2.05) is 56.2 Å². The number of amides is 1. The number of benzene rings is 2. The lowest BCUT2D eigenvalue weighted by atomic mass is 9.81. The summed E-state index contributed by atoms with van der Waals surface area (Å²) in [6.45, 7) is 14.7. The van der Waals surface area contributed by atoms with E-state index in [0.717, 1.165) is 66.0 Å². The zero-order valence-electron chi connectivity index (χ0n) is 35.7. The molecule has 1 aromatic heterocycles. The van der Waals surface area contributed by atoms with E-state index >= 15 is 0 Å². The Morgan fingerprint density at radius 3 is 2.31 bits per heavy atom. The van der Waals surface area contributed by atoms with Gasteiger partial charge in [0, 0.05) is 72.2 Å². The normalized spacial score (nSPS) is 19.1. The molecule has 0 fully saturated rings. The minimum absolute atomic E-state index is 0.192. The number of unbranched alkanes of at least 4 members (excludes halogenated alkanes) is 3. The van der Waals surface area contributed by atoms with Crippen LogP contribution >= 0.6 is 0 Å². The van der Waals surface area contributed by atoms with Gasteiger partial charge in [0.2, 0.25) is 5.69 Å². The van der Waals surface area contributed by atoms with Gasteiger partial charge in [-0.3, -0.25) is 9.45 Å². The topological polar surface area (TPSA) is 94.0 Å². The molecule has 1 unspecified atom stereocenters. The van der Waals surface area contributed by atoms with E-state index < -0.39 is 22.3 Å². The Balaban J connectivity index is 1.40. The number of pyridine rings is 1. The van der Waals surface area contributed by atoms with Crippen molar-refractivity contribution in [3.63, 3.8) is 0 Å². The van der Waals surface area contributed by atoms with E-state index in [1.54, 1.807) is 4.90 Å². The van der Waals surface area contributed by atoms with Crippen LogP contribution in [-0.4, -0.2) is 60.1 Å². The Morgan fingerprint density at radius 2 is 1.60 bits per heavy atom. The molecule has 0 radical (unpaired) electrons. The van der Waals surface area contributed by atoms with Crippen LogP contribution in [0.4, 0.5) is 16.2 Å². The van der Waals surface area contributed by atoms with Crippen LogP contribution in [0.15, 0.2) is 120 Å². The van der Waals surface area contributed by atoms with Crippen LogP contribution in [0.3, 0.4) is 0 Å². The summed E-state index contributed by atoms with van der Waals surface area (Å²) in [5, 5.41) is 0. The highest BCUT2D eigenvalue weighted by Crippen LogP contribution is 2.48. The highest BCUT2D eigenvalue weighted by atomic mass is 32.2. The number of likely N-dealkylation sites (N-methyl/N-ethyl adjacent to an activating group) is 1. The monoisotopic (exact) mass is 806 g/mol. The van der Waals surface area contributed by atoms with Gasteiger partial charge in [0.25, 0.3) is 10.1 Å². The molecule has 1 amide bonds. The van der Waals surface area contributed by atoms with Crippen LogP contribution in [0.1, 0.15) is 109 Å². The number of rotatable bonds is 15. The van der Waals surface area contributed by atoms with Gasteiger partial charge in [-0.2, -0.15) is 13.0 Å². The van der Waals surface area contributed by atoms with Crippen LogP contribution < -0.4 is 9.47 Å². The highest BCUT2D eigenvalue weighted by Gasteiger charge is 2.44. The van der Waals surface area contributed by atoms with Crippen molar-refractivity contribution in [1.82, 2.24) is 4.90 Å². The number of carbonyl (C=O) groups excluding carboxylic acids is 1. The zero-order chi connectivity index (χ0) is 41.8. The third kappa shape index (κ3) is 9.08. The fraction of sp³-hybridized carbons (Fsp3) is 0.438. The Bertz CT molecular complexity index is 2280. The molecule has 3 aromatic rings. The smallest absolute Gasteiger partial charge is 0.414 e. The first kappa shape index (κ1) is 42.8. The predicted octanol–water partition coefficient (Wildman–Crippen LogP) is 9.79. The van der Waals surface area contributed by atoms with Gasteiger partial charge in [-0.05, 0) is 81.7 Å². The molecule has 6 rings (SSSR count). The van der Waals surface area contributed by atoms with Crippen LogP contribution in [0, 0.1) is 0 Å². The van der Waals surface area contributed by atoms with Crippen LogP contribution in [0.25, 0.3) is 0 Å². The average molecular weight is 807 g/mol. The van der Waals surface area contributed by atoms with Gasteiger partial charge >= 0.3 is 6.09 Å². The molecule has 2 aliphatic heterocycles. The van der Waals surface area contributed by atoms with Gasteiger partial charge in [0.15, 0.2) is 18.1 Å². The number of para-hydroxylation sites is 2. The highest BCUT2D eigenvalue weighted by molar-refractivity contribution is 7.85. The second kappa shape index (κ2) is 17.6. The maximum absolute atomic E-state index is 14.1. The minimum Gasteiger partial charge on any atom is -0.441 e. The third-order valence-electron chi connectivity index (χ3n) is 12.1. The van der Waals surface area contributed by atoms with E-state index in [9.17, 15) is 17.8 Å². The van der Waals surface area contributed by atoms with Crippen molar-refractivity contribution in [3.8, 4) is 0 Å². The lowest BCUT2D eigenvalue weighted by molar-refractivity contribution is -0.671. The van der Waals surface area contributed by atoms with Crippen molar-refractivity contribution >= 4 is 33.3 Å². The number of nitrogens with zero attached hydrogens (tertiary/aromatic N) is 4. The number of hydrogen-bond donors (Lipinski definition) is 1. The molecule has 0 bridgehead atoms. The van der Waals surface area contributed by atoms with Crippen molar-refractivity contribution in [1.29, 1.82) is 0 Å². The molecule has 308 valence electrons. The number of carbonyl (C=O) groups is 1. The molecular formula is C48H62N4O5S+2. The molecule has 1 N–H and O–H groups in total. The molecule has 3 heterocycles. The molecule has 1 atom stereocenters. The zero-order valence-corrected chi connectivity index (χ0v) is 36.5. The summed E-state index contributed by atoms with van der Waals surface area (Å²) >= 11 is 0. The number of ether oxygens (including phenoxy) is 1. The van der Waals surface area contributed by atoms with Gasteiger partial charge < -0.3 is 9.64 Å². The second-order valence-electron chi connectivity index (χ2n) is 17.0. The Morgan fingerprint density at radius 1 is 0.914 bits per heavy atom. The van der Waals surface area contributed by atoms with Gasteiger partial charge in [0.1, 0.15) is 19.7 Å². The Labute approximate surface area is 346 Å². The van der Waals surface area contributed by atoms with Crippen LogP contribution in [-0.2, 0) is 32.7 Å². The SMILES string of the molecule is CCCCC[N+]1=C(/C=C/C2=C(N(C)C(=O)OC(C)c3cc[n+](C)cc3)C(=C/C=C3/N(CCCCS(=O)(=O)O)c4ccccc4C3(C)C)/CC2)C(C)(C)c2ccccc21. The fourth-order valence-corrected chi connectivity index (χ4v) is 9.41. The molecule has 3 aliphatic rings. The van der Waals surface area contributed by atoms with E-state index in [1.165, 1.54) is 28.9 Å². The van der Waals surface area contributed by atoms with Crippen molar-refractivity contribution in [3.05, 3.63) is 137 Å². The summed E-state index contributed by atoms with van der Waals surface area (Å²) in [6, 6.07) is 21.0. The summed E-state index contributed by atoms with van der Waals surface area (Å²) in [6.07, 6.45) is 17.8. The first-order valence-electron chi connectivity index (χ1n) is 20.8. The number of hydrogen-bond acceptors (Lipinski definition) is 5. The van der Waals surface area contributed by atoms with Gasteiger partial charge in [-0.1, -0.05) is 75.7 Å². The first-order valence-corrected chi connectivity index (χ1v) is 22.4. The summed E-state index contributed by atoms with van der Waals surface area (Å²) in [5.74, 6) is -0.262. The van der Waals surface area contributed by atoms with Crippen molar-refractivity contribution < 1.29 is 31.6 Å². The lowest BCUT2D eigenvalue weighted by Crippen LogP contribution is -2.30. The Hall–Kier alpha value is -4.80. The quantitative estimate of drug-likeness (QED) is 0.0934. The molecule has 9 nitrogen and oxygen atoms in total. The van der Waals surface area contributed by atoms with E-state index in [4.69, 9.17) is 4.74 Å². The summed E-state index contributed by atoms with van der Waals surface area (Å²) < 4.78 is 42.9. The fourth-order valence-electron chi connectivity index (χ4n) is 8.84. The molecular weight excluding hydrogens is 745 g/mol. The third-order valence-corrected chi connectivity index (χ3v) is 12.9. The number of aryl methyl sites for hydroxylation is 1. The number of fused-ring (bicyclic) bond motifs is 2. The lowest BCUT2D eigenvalue weighted by Gasteiger charge is -2.27. The van der Waals surface area contributed by atoms with Gasteiger partial charge in [-0.25, -0.2) is 9.36 Å². The van der Waals surface area contributed by atoms with E-state index in [-0.39, 0.29) is 16.6 Å². The van der Waals surface area contributed by atoms with Crippen LogP contribution in [0.2, 0.25) is 0 Å². The Kier molecular flexibility index (Phi) is 13.0. The van der Waals surface area contributed by atoms with Crippen molar-refractivity contribution in [2.45, 2.75) is 103 Å². The maximum atomic E-state index is 14.1. The van der Waals surface area contributed by atoms with Gasteiger partial charge in [-0.15, -0.1) is 0 Å². The second-order valence-corrected chi connectivity index (χ2v) is 18.6. The van der Waals surface area contributed by atoms with E-state index in [2.05, 4.69) is 111 Å². The molecule has 58 heavy (non-hydrogen) atoms. The maximum Gasteiger partial charge on any atom is 0.414 e. The average Bonchev–Trinajstić information content (AvgIpc) is 3.76. The van der Waals surface area contributed by atoms with E-state index in [0.29, 0.717) is 19.4 Å². The number of aromatic nitrogens is 1. The molecule has 10 heteroatoms. The van der Waals surface area contributed by atoms with Crippen LogP contribution in [0.5, 0.6) is 0 Å². The summed E-state index contributed by atoms with van der Waals surface area (Å²) in [5.41, 5.74) is 10.6. The first-order chi connectivity index (χ1) is 27.5. The standard InChI is InChI=1S/C48H61N4O5S/c1-9-10-15-30-51-41-20-13-11-18-39(41)47(3,4)43(51)26-24-37-22-23-38(45(37)50(8)46(53)57-35(2)36-28-32-49(7)33-29-36)25-27-44-48(5,6)40-19-12-14-21-42(40)52(44)31-16-17-34-58(54,55)56/h11-14,18-21,24-29,32-33,35H,9-10,15-17,22-23,30-31,34H2,1-8H3/q+1/p+1. The molecule has 0 saturated heterocycles. The summed E-state index contributed by atoms with van der Waals surface area (Å²) in [7, 11) is -0.259. The molecule has 0 spiro atoms. The number of anilines is 1. The van der Waals surface area contributed by atoms with Crippen molar-refractivity contribution in [2.75, 3.05) is 30.8 Å². The molecule has 1 aliphatic carbocycles. The largest absolute Gasteiger partial charge is 0.441 e. The molecule has 0 saturated carbocycles. The minimum atomic E-state index is -4.03. The van der Waals surface area contributed by atoms with Gasteiger partial charge in [0.05, 0.1) is 16.9 Å². The molecule has 2 aromatic carbocycles. The van der Waals surface area contributed by atoms with Crippen molar-refractivity contribution in [2.24, 2.45) is 7.05 Å².